The topological polar surface area (TPSA) is 46.1 Å². The molecule has 5 nitrogen and oxygen atoms in total. The van der Waals surface area contributed by atoms with Crippen LogP contribution in [0.4, 0.5) is 5.69 Å². The fourth-order valence-corrected chi connectivity index (χ4v) is 3.59. The Balaban J connectivity index is 1.90. The van der Waals surface area contributed by atoms with Crippen LogP contribution in [-0.2, 0) is 0 Å². The van der Waals surface area contributed by atoms with E-state index in [9.17, 15) is 0 Å². The van der Waals surface area contributed by atoms with Crippen LogP contribution in [0.1, 0.15) is 5.56 Å². The first-order valence-electron chi connectivity index (χ1n) is 9.54. The van der Waals surface area contributed by atoms with Crippen molar-refractivity contribution in [3.8, 4) is 11.5 Å². The van der Waals surface area contributed by atoms with E-state index in [-0.39, 0.29) is 0 Å². The normalized spacial score (nSPS) is 14.9. The Morgan fingerprint density at radius 2 is 1.64 bits per heavy atom. The number of nitrogens with one attached hydrogen (secondary N) is 1. The average molecular weight is 375 g/mol. The van der Waals surface area contributed by atoms with Gasteiger partial charge in [0, 0.05) is 26.2 Å². The maximum absolute atomic E-state index is 5.76. The molecule has 144 valence electrons. The van der Waals surface area contributed by atoms with E-state index in [1.807, 2.05) is 30.3 Å². The van der Waals surface area contributed by atoms with Gasteiger partial charge in [-0.3, -0.25) is 0 Å². The SMILES string of the molecule is COc1ccc(N=C(c2c(OC)ccc3ccccc23)N2CCNCC2)cc1. The van der Waals surface area contributed by atoms with Gasteiger partial charge in [0.05, 0.1) is 25.5 Å². The average Bonchev–Trinajstić information content (AvgIpc) is 2.78. The molecule has 0 saturated carbocycles. The molecule has 1 fully saturated rings. The first-order chi connectivity index (χ1) is 13.8. The van der Waals surface area contributed by atoms with E-state index in [1.165, 1.54) is 5.39 Å². The predicted molar refractivity (Wildman–Crippen MR) is 114 cm³/mol. The van der Waals surface area contributed by atoms with Crippen LogP contribution >= 0.6 is 0 Å². The van der Waals surface area contributed by atoms with E-state index in [4.69, 9.17) is 14.5 Å². The van der Waals surface area contributed by atoms with Crippen LogP contribution in [0.25, 0.3) is 10.8 Å². The molecule has 4 rings (SSSR count). The minimum atomic E-state index is 0.824. The van der Waals surface area contributed by atoms with Gasteiger partial charge in [-0.25, -0.2) is 4.99 Å². The van der Waals surface area contributed by atoms with Gasteiger partial charge in [-0.1, -0.05) is 30.3 Å². The van der Waals surface area contributed by atoms with Crippen LogP contribution in [0.5, 0.6) is 11.5 Å². The molecule has 1 N–H and O–H groups in total. The lowest BCUT2D eigenvalue weighted by Crippen LogP contribution is -2.46. The Labute approximate surface area is 165 Å². The molecular formula is C23H25N3O2. The number of aliphatic imine (C=N–C) groups is 1. The fourth-order valence-electron chi connectivity index (χ4n) is 3.59. The second-order valence-electron chi connectivity index (χ2n) is 6.73. The maximum Gasteiger partial charge on any atom is 0.141 e. The van der Waals surface area contributed by atoms with Crippen LogP contribution in [-0.4, -0.2) is 51.1 Å². The highest BCUT2D eigenvalue weighted by atomic mass is 16.5. The molecule has 0 aliphatic carbocycles. The zero-order chi connectivity index (χ0) is 19.3. The van der Waals surface area contributed by atoms with Crippen molar-refractivity contribution in [2.24, 2.45) is 4.99 Å². The highest BCUT2D eigenvalue weighted by Crippen LogP contribution is 2.31. The molecule has 1 aliphatic heterocycles. The van der Waals surface area contributed by atoms with Gasteiger partial charge in [-0.15, -0.1) is 0 Å². The van der Waals surface area contributed by atoms with Gasteiger partial charge >= 0.3 is 0 Å². The monoisotopic (exact) mass is 375 g/mol. The largest absolute Gasteiger partial charge is 0.497 e. The van der Waals surface area contributed by atoms with Crippen molar-refractivity contribution >= 4 is 22.3 Å². The Bertz CT molecular complexity index is 977. The third kappa shape index (κ3) is 3.66. The second kappa shape index (κ2) is 8.31. The third-order valence-electron chi connectivity index (χ3n) is 5.06. The number of benzene rings is 3. The summed E-state index contributed by atoms with van der Waals surface area (Å²) >= 11 is 0. The molecular weight excluding hydrogens is 350 g/mol. The maximum atomic E-state index is 5.76. The minimum absolute atomic E-state index is 0.824. The first-order valence-corrected chi connectivity index (χ1v) is 9.54. The Hall–Kier alpha value is -3.05. The molecule has 1 saturated heterocycles. The number of hydrogen-bond donors (Lipinski definition) is 1. The molecule has 0 unspecified atom stereocenters. The van der Waals surface area contributed by atoms with Crippen LogP contribution < -0.4 is 14.8 Å². The summed E-state index contributed by atoms with van der Waals surface area (Å²) in [6, 6.07) is 20.4. The van der Waals surface area contributed by atoms with E-state index in [0.717, 1.165) is 60.2 Å². The van der Waals surface area contributed by atoms with Crippen molar-refractivity contribution in [1.82, 2.24) is 10.2 Å². The number of hydrogen-bond acceptors (Lipinski definition) is 4. The summed E-state index contributed by atoms with van der Waals surface area (Å²) in [4.78, 5) is 7.40. The van der Waals surface area contributed by atoms with Crippen LogP contribution in [0, 0.1) is 0 Å². The molecule has 0 amide bonds. The van der Waals surface area contributed by atoms with E-state index in [2.05, 4.69) is 40.5 Å². The first kappa shape index (κ1) is 18.3. The molecule has 28 heavy (non-hydrogen) atoms. The van der Waals surface area contributed by atoms with Gasteiger partial charge in [0.1, 0.15) is 17.3 Å². The van der Waals surface area contributed by atoms with E-state index < -0.39 is 0 Å². The molecule has 0 radical (unpaired) electrons. The molecule has 0 bridgehead atoms. The molecule has 0 aromatic heterocycles. The summed E-state index contributed by atoms with van der Waals surface area (Å²) in [5, 5.41) is 5.74. The van der Waals surface area contributed by atoms with Crippen LogP contribution in [0.15, 0.2) is 65.7 Å². The number of piperazine rings is 1. The summed E-state index contributed by atoms with van der Waals surface area (Å²) in [5.74, 6) is 2.61. The van der Waals surface area contributed by atoms with Gasteiger partial charge in [-0.05, 0) is 41.1 Å². The van der Waals surface area contributed by atoms with Crippen molar-refractivity contribution < 1.29 is 9.47 Å². The summed E-state index contributed by atoms with van der Waals surface area (Å²) in [6.45, 7) is 3.69. The number of amidine groups is 1. The molecule has 1 heterocycles. The molecule has 3 aromatic carbocycles. The second-order valence-corrected chi connectivity index (χ2v) is 6.73. The molecule has 0 spiro atoms. The van der Waals surface area contributed by atoms with Crippen molar-refractivity contribution in [2.75, 3.05) is 40.4 Å². The van der Waals surface area contributed by atoms with E-state index in [1.54, 1.807) is 14.2 Å². The standard InChI is InChI=1S/C23H25N3O2/c1-27-19-10-8-18(9-11-19)25-23(26-15-13-24-14-16-26)22-20-6-4-3-5-17(20)7-12-21(22)28-2/h3-12,24H,13-16H2,1-2H3. The quantitative estimate of drug-likeness (QED) is 0.556. The molecule has 3 aromatic rings. The number of methoxy groups -OCH3 is 2. The summed E-state index contributed by atoms with van der Waals surface area (Å²) < 4.78 is 11.0. The highest BCUT2D eigenvalue weighted by Gasteiger charge is 2.22. The Kier molecular flexibility index (Phi) is 5.44. The lowest BCUT2D eigenvalue weighted by Gasteiger charge is -2.31. The number of rotatable bonds is 4. The van der Waals surface area contributed by atoms with Gasteiger partial charge in [0.25, 0.3) is 0 Å². The van der Waals surface area contributed by atoms with Crippen molar-refractivity contribution in [1.29, 1.82) is 0 Å². The fraction of sp³-hybridized carbons (Fsp3) is 0.261. The van der Waals surface area contributed by atoms with Gasteiger partial charge in [0.15, 0.2) is 0 Å². The lowest BCUT2D eigenvalue weighted by atomic mass is 10.0. The minimum Gasteiger partial charge on any atom is -0.497 e. The Morgan fingerprint density at radius 1 is 0.893 bits per heavy atom. The number of fused-ring (bicyclic) bond motifs is 1. The predicted octanol–water partition coefficient (Wildman–Crippen LogP) is 3.84. The zero-order valence-corrected chi connectivity index (χ0v) is 16.3. The number of ether oxygens (including phenoxy) is 2. The zero-order valence-electron chi connectivity index (χ0n) is 16.3. The van der Waals surface area contributed by atoms with E-state index >= 15 is 0 Å². The van der Waals surface area contributed by atoms with Crippen molar-refractivity contribution in [3.63, 3.8) is 0 Å². The van der Waals surface area contributed by atoms with Gasteiger partial charge in [-0.2, -0.15) is 0 Å². The van der Waals surface area contributed by atoms with E-state index in [0.29, 0.717) is 0 Å². The molecule has 1 aliphatic rings. The summed E-state index contributed by atoms with van der Waals surface area (Å²) in [5.41, 5.74) is 1.93. The van der Waals surface area contributed by atoms with Crippen LogP contribution in [0.2, 0.25) is 0 Å². The smallest absolute Gasteiger partial charge is 0.141 e. The van der Waals surface area contributed by atoms with Crippen molar-refractivity contribution in [3.05, 3.63) is 66.2 Å². The summed E-state index contributed by atoms with van der Waals surface area (Å²) in [6.07, 6.45) is 0. The molecule has 0 atom stereocenters. The van der Waals surface area contributed by atoms with Crippen LogP contribution in [0.3, 0.4) is 0 Å². The van der Waals surface area contributed by atoms with Crippen molar-refractivity contribution in [2.45, 2.75) is 0 Å². The Morgan fingerprint density at radius 3 is 2.36 bits per heavy atom. The molecule has 5 heteroatoms. The van der Waals surface area contributed by atoms with Gasteiger partial charge < -0.3 is 19.7 Å². The highest BCUT2D eigenvalue weighted by molar-refractivity contribution is 6.13. The number of nitrogens with zero attached hydrogens (tertiary/aromatic N) is 2. The summed E-state index contributed by atoms with van der Waals surface area (Å²) in [7, 11) is 3.39. The third-order valence-corrected chi connectivity index (χ3v) is 5.06. The van der Waals surface area contributed by atoms with Gasteiger partial charge in [0.2, 0.25) is 0 Å². The lowest BCUT2D eigenvalue weighted by molar-refractivity contribution is 0.356.